The van der Waals surface area contributed by atoms with E-state index in [1.54, 1.807) is 0 Å². The van der Waals surface area contributed by atoms with Crippen molar-refractivity contribution in [3.05, 3.63) is 29.0 Å². The van der Waals surface area contributed by atoms with Crippen molar-refractivity contribution in [1.29, 1.82) is 0 Å². The number of halogens is 2. The second-order valence-corrected chi connectivity index (χ2v) is 10.6. The summed E-state index contributed by atoms with van der Waals surface area (Å²) in [6.45, 7) is 3.89. The Bertz CT molecular complexity index is 793. The Morgan fingerprint density at radius 2 is 2.04 bits per heavy atom. The van der Waals surface area contributed by atoms with Gasteiger partial charge in [0.15, 0.2) is 9.84 Å². The number of nitrogens with zero attached hydrogens (tertiary/aromatic N) is 1. The minimum Gasteiger partial charge on any atom is -0.229 e. The van der Waals surface area contributed by atoms with E-state index in [-0.39, 0.29) is 40.3 Å². The van der Waals surface area contributed by atoms with Gasteiger partial charge in [0.1, 0.15) is 5.82 Å². The third kappa shape index (κ3) is 4.23. The van der Waals surface area contributed by atoms with Gasteiger partial charge in [0.25, 0.3) is 0 Å². The lowest BCUT2D eigenvalue weighted by Crippen LogP contribution is -2.43. The number of hydrogen-bond acceptors (Lipinski definition) is 4. The Labute approximate surface area is 141 Å². The zero-order valence-electron chi connectivity index (χ0n) is 12.9. The predicted molar refractivity (Wildman–Crippen MR) is 87.2 cm³/mol. The second kappa shape index (κ2) is 6.66. The molecule has 0 radical (unpaired) electrons. The highest BCUT2D eigenvalue weighted by atomic mass is 35.5. The van der Waals surface area contributed by atoms with E-state index in [2.05, 4.69) is 0 Å². The quantitative estimate of drug-likeness (QED) is 0.782. The summed E-state index contributed by atoms with van der Waals surface area (Å²) in [7, 11) is -7.18. The van der Waals surface area contributed by atoms with Crippen LogP contribution < -0.4 is 0 Å². The summed E-state index contributed by atoms with van der Waals surface area (Å²) in [5.74, 6) is -0.895. The number of hydrogen-bond donors (Lipinski definition) is 0. The van der Waals surface area contributed by atoms with Crippen molar-refractivity contribution in [2.75, 3.05) is 18.1 Å². The van der Waals surface area contributed by atoms with Crippen molar-refractivity contribution < 1.29 is 21.2 Å². The van der Waals surface area contributed by atoms with Crippen molar-refractivity contribution in [2.24, 2.45) is 5.92 Å². The maximum Gasteiger partial charge on any atom is 0.243 e. The molecule has 1 heterocycles. The number of sulfone groups is 1. The van der Waals surface area contributed by atoms with E-state index < -0.39 is 31.7 Å². The molecule has 1 aromatic rings. The van der Waals surface area contributed by atoms with E-state index in [0.29, 0.717) is 0 Å². The first kappa shape index (κ1) is 18.6. The highest BCUT2D eigenvalue weighted by Gasteiger charge is 2.39. The molecular formula is C14H19ClFNO4S2. The Morgan fingerprint density at radius 1 is 1.39 bits per heavy atom. The Kier molecular flexibility index (Phi) is 5.40. The molecule has 23 heavy (non-hydrogen) atoms. The fourth-order valence-corrected chi connectivity index (χ4v) is 6.49. The van der Waals surface area contributed by atoms with Crippen LogP contribution in [-0.2, 0) is 19.9 Å². The Balaban J connectivity index is 2.43. The molecule has 1 fully saturated rings. The van der Waals surface area contributed by atoms with Crippen molar-refractivity contribution in [3.63, 3.8) is 0 Å². The predicted octanol–water partition coefficient (Wildman–Crippen LogP) is 2.31. The summed E-state index contributed by atoms with van der Waals surface area (Å²) < 4.78 is 63.7. The molecule has 1 aliphatic rings. The molecule has 9 heteroatoms. The van der Waals surface area contributed by atoms with Gasteiger partial charge in [-0.2, -0.15) is 4.31 Å². The monoisotopic (exact) mass is 383 g/mol. The fourth-order valence-electron chi connectivity index (χ4n) is 2.58. The molecule has 1 saturated heterocycles. The lowest BCUT2D eigenvalue weighted by molar-refractivity contribution is 0.308. The lowest BCUT2D eigenvalue weighted by atomic mass is 10.2. The number of sulfonamides is 1. The summed E-state index contributed by atoms with van der Waals surface area (Å²) in [5, 5.41) is -0.283. The fraction of sp³-hybridized carbons (Fsp3) is 0.571. The minimum absolute atomic E-state index is 0.0176. The van der Waals surface area contributed by atoms with Gasteiger partial charge in [0.2, 0.25) is 10.0 Å². The van der Waals surface area contributed by atoms with Crippen LogP contribution in [0.2, 0.25) is 5.02 Å². The second-order valence-electron chi connectivity index (χ2n) is 6.10. The summed E-state index contributed by atoms with van der Waals surface area (Å²) in [5.41, 5.74) is 0. The Hall–Kier alpha value is -0.700. The molecule has 0 aromatic heterocycles. The smallest absolute Gasteiger partial charge is 0.229 e. The van der Waals surface area contributed by atoms with Gasteiger partial charge in [-0.3, -0.25) is 0 Å². The summed E-state index contributed by atoms with van der Waals surface area (Å²) in [6, 6.07) is 2.60. The van der Waals surface area contributed by atoms with Crippen LogP contribution in [0.15, 0.2) is 23.1 Å². The molecule has 0 bridgehead atoms. The normalized spacial score (nSPS) is 21.2. The molecule has 5 nitrogen and oxygen atoms in total. The van der Waals surface area contributed by atoms with E-state index in [0.717, 1.165) is 18.2 Å². The molecule has 1 atom stereocenters. The third-order valence-corrected chi connectivity index (χ3v) is 7.61. The standard InChI is InChI=1S/C14H19ClFNO4S2/c1-10(2)8-17(11-5-6-22(18,19)9-11)23(20,21)12-3-4-14(16)13(15)7-12/h3-4,7,10-11H,5-6,8-9H2,1-2H3/t11-/m0/s1. The van der Waals surface area contributed by atoms with Gasteiger partial charge >= 0.3 is 0 Å². The van der Waals surface area contributed by atoms with Crippen LogP contribution in [0.5, 0.6) is 0 Å². The van der Waals surface area contributed by atoms with Crippen molar-refractivity contribution in [1.82, 2.24) is 4.31 Å². The average Bonchev–Trinajstić information content (AvgIpc) is 2.78. The largest absolute Gasteiger partial charge is 0.243 e. The first-order chi connectivity index (χ1) is 10.5. The molecule has 0 saturated carbocycles. The Morgan fingerprint density at radius 3 is 2.52 bits per heavy atom. The van der Waals surface area contributed by atoms with Crippen LogP contribution in [-0.4, -0.2) is 45.2 Å². The van der Waals surface area contributed by atoms with Crippen LogP contribution in [0.25, 0.3) is 0 Å². The van der Waals surface area contributed by atoms with Gasteiger partial charge in [-0.25, -0.2) is 21.2 Å². The van der Waals surface area contributed by atoms with Crippen molar-refractivity contribution >= 4 is 31.5 Å². The first-order valence-corrected chi connectivity index (χ1v) is 10.8. The number of benzene rings is 1. The molecule has 0 spiro atoms. The van der Waals surface area contributed by atoms with Crippen molar-refractivity contribution in [2.45, 2.75) is 31.2 Å². The van der Waals surface area contributed by atoms with Crippen LogP contribution >= 0.6 is 11.6 Å². The topological polar surface area (TPSA) is 71.5 Å². The molecule has 130 valence electrons. The van der Waals surface area contributed by atoms with Crippen molar-refractivity contribution in [3.8, 4) is 0 Å². The molecule has 2 rings (SSSR count). The zero-order chi connectivity index (χ0) is 17.4. The number of rotatable bonds is 5. The van der Waals surface area contributed by atoms with Crippen LogP contribution in [0.4, 0.5) is 4.39 Å². The third-order valence-electron chi connectivity index (χ3n) is 3.66. The van der Waals surface area contributed by atoms with Crippen LogP contribution in [0, 0.1) is 11.7 Å². The van der Waals surface area contributed by atoms with E-state index in [9.17, 15) is 21.2 Å². The lowest BCUT2D eigenvalue weighted by Gasteiger charge is -2.29. The van der Waals surface area contributed by atoms with Gasteiger partial charge in [0, 0.05) is 12.6 Å². The van der Waals surface area contributed by atoms with Gasteiger partial charge in [-0.1, -0.05) is 25.4 Å². The minimum atomic E-state index is -3.95. The molecule has 0 amide bonds. The molecule has 0 unspecified atom stereocenters. The van der Waals surface area contributed by atoms with Crippen LogP contribution in [0.3, 0.4) is 0 Å². The maximum atomic E-state index is 13.3. The van der Waals surface area contributed by atoms with E-state index in [1.807, 2.05) is 13.8 Å². The summed E-state index contributed by atoms with van der Waals surface area (Å²) >= 11 is 5.68. The van der Waals surface area contributed by atoms with Gasteiger partial charge in [0.05, 0.1) is 21.4 Å². The van der Waals surface area contributed by atoms with Crippen LogP contribution in [0.1, 0.15) is 20.3 Å². The van der Waals surface area contributed by atoms with E-state index >= 15 is 0 Å². The highest BCUT2D eigenvalue weighted by molar-refractivity contribution is 7.92. The first-order valence-electron chi connectivity index (χ1n) is 7.20. The highest BCUT2D eigenvalue weighted by Crippen LogP contribution is 2.28. The average molecular weight is 384 g/mol. The zero-order valence-corrected chi connectivity index (χ0v) is 15.3. The van der Waals surface area contributed by atoms with E-state index in [4.69, 9.17) is 11.6 Å². The maximum absolute atomic E-state index is 13.3. The van der Waals surface area contributed by atoms with Gasteiger partial charge in [-0.05, 0) is 30.5 Å². The molecule has 1 aromatic carbocycles. The molecule has 1 aliphatic heterocycles. The molecule has 0 N–H and O–H groups in total. The molecule has 0 aliphatic carbocycles. The summed E-state index contributed by atoms with van der Waals surface area (Å²) in [4.78, 5) is -0.131. The molecular weight excluding hydrogens is 365 g/mol. The SMILES string of the molecule is CC(C)CN([C@H]1CCS(=O)(=O)C1)S(=O)(=O)c1ccc(F)c(Cl)c1. The van der Waals surface area contributed by atoms with E-state index in [1.165, 1.54) is 4.31 Å². The van der Waals surface area contributed by atoms with Gasteiger partial charge < -0.3 is 0 Å². The summed E-state index contributed by atoms with van der Waals surface area (Å²) in [6.07, 6.45) is 0.267. The van der Waals surface area contributed by atoms with Gasteiger partial charge in [-0.15, -0.1) is 0 Å².